The number of anilines is 1. The normalized spacial score (nSPS) is 9.79. The van der Waals surface area contributed by atoms with Crippen LogP contribution in [0.15, 0.2) is 48.8 Å². The van der Waals surface area contributed by atoms with E-state index < -0.39 is 5.38 Å². The van der Waals surface area contributed by atoms with E-state index in [9.17, 15) is 14.4 Å². The molecule has 3 aromatic rings. The van der Waals surface area contributed by atoms with Gasteiger partial charge in [-0.15, -0.1) is 11.6 Å². The van der Waals surface area contributed by atoms with Gasteiger partial charge < -0.3 is 5.73 Å². The average Bonchev–Trinajstić information content (AvgIpc) is 2.98. The highest BCUT2D eigenvalue weighted by Crippen LogP contribution is 2.11. The van der Waals surface area contributed by atoms with Crippen molar-refractivity contribution in [3.63, 3.8) is 0 Å². The third-order valence-electron chi connectivity index (χ3n) is 3.44. The Morgan fingerprint density at radius 2 is 1.64 bits per heavy atom. The number of carbonyl (C=O) groups excluding carboxylic acids is 3. The minimum absolute atomic E-state index is 0.0520. The van der Waals surface area contributed by atoms with Crippen molar-refractivity contribution in [2.75, 3.05) is 5.73 Å². The standard InChI is InChI=1S/C10H10N2O.C5H7ClO2.C5H6N2/c1-7-10(8(2)13)12-6-4-3-5-9(12)11-7;1-3(7)5(6)4(2)8;6-5-3-1-2-4-7-5/h3-6H,1-2H3;5H,1-2H3;1-4H,(H2,6,7). The lowest BCUT2D eigenvalue weighted by molar-refractivity contribution is -0.124. The number of aryl methyl sites for hydroxylation is 1. The predicted molar refractivity (Wildman–Crippen MR) is 110 cm³/mol. The van der Waals surface area contributed by atoms with E-state index in [1.54, 1.807) is 19.2 Å². The van der Waals surface area contributed by atoms with Crippen LogP contribution in [0.2, 0.25) is 0 Å². The van der Waals surface area contributed by atoms with Gasteiger partial charge in [-0.05, 0) is 45.0 Å². The summed E-state index contributed by atoms with van der Waals surface area (Å²) in [6.07, 6.45) is 3.52. The molecular weight excluding hydrogens is 380 g/mol. The van der Waals surface area contributed by atoms with Gasteiger partial charge in [0.15, 0.2) is 17.3 Å². The molecule has 0 aliphatic rings. The number of alkyl halides is 1. The predicted octanol–water partition coefficient (Wildman–Crippen LogP) is 3.28. The zero-order valence-electron chi connectivity index (χ0n) is 16.2. The summed E-state index contributed by atoms with van der Waals surface area (Å²) < 4.78 is 1.82. The molecule has 0 aliphatic carbocycles. The topological polar surface area (TPSA) is 107 Å². The first kappa shape index (κ1) is 23.0. The number of hydrogen-bond acceptors (Lipinski definition) is 6. The fourth-order valence-electron chi connectivity index (χ4n) is 2.20. The van der Waals surface area contributed by atoms with Crippen LogP contribution in [-0.4, -0.2) is 37.1 Å². The Bertz CT molecular complexity index is 940. The first-order valence-corrected chi connectivity index (χ1v) is 8.84. The number of rotatable bonds is 3. The third-order valence-corrected chi connectivity index (χ3v) is 4.05. The molecule has 3 heterocycles. The van der Waals surface area contributed by atoms with Crippen LogP contribution < -0.4 is 5.73 Å². The van der Waals surface area contributed by atoms with E-state index in [0.717, 1.165) is 11.3 Å². The zero-order chi connectivity index (χ0) is 21.3. The molecule has 28 heavy (non-hydrogen) atoms. The number of pyridine rings is 2. The Balaban J connectivity index is 0.000000226. The van der Waals surface area contributed by atoms with Crippen LogP contribution in [0.3, 0.4) is 0 Å². The van der Waals surface area contributed by atoms with Crippen molar-refractivity contribution in [1.29, 1.82) is 0 Å². The van der Waals surface area contributed by atoms with Crippen molar-refractivity contribution in [3.8, 4) is 0 Å². The monoisotopic (exact) mass is 402 g/mol. The highest BCUT2D eigenvalue weighted by Gasteiger charge is 2.14. The van der Waals surface area contributed by atoms with E-state index in [0.29, 0.717) is 11.5 Å². The van der Waals surface area contributed by atoms with Gasteiger partial charge in [-0.2, -0.15) is 0 Å². The lowest BCUT2D eigenvalue weighted by Gasteiger charge is -1.96. The van der Waals surface area contributed by atoms with E-state index >= 15 is 0 Å². The van der Waals surface area contributed by atoms with Crippen LogP contribution in [0.1, 0.15) is 37.0 Å². The lowest BCUT2D eigenvalue weighted by Crippen LogP contribution is -2.18. The second kappa shape index (κ2) is 10.9. The van der Waals surface area contributed by atoms with Gasteiger partial charge in [-0.3, -0.25) is 18.8 Å². The SMILES string of the molecule is CC(=O)C(Cl)C(C)=O.CC(=O)c1c(C)nc2ccccn12.Nc1ccccn1. The van der Waals surface area contributed by atoms with Crippen LogP contribution >= 0.6 is 11.6 Å². The molecule has 3 rings (SSSR count). The molecule has 8 heteroatoms. The number of nitrogens with zero attached hydrogens (tertiary/aromatic N) is 3. The van der Waals surface area contributed by atoms with E-state index in [2.05, 4.69) is 9.97 Å². The summed E-state index contributed by atoms with van der Waals surface area (Å²) in [6.45, 7) is 5.99. The Hall–Kier alpha value is -3.06. The molecule has 0 aromatic carbocycles. The van der Waals surface area contributed by atoms with Crippen molar-refractivity contribution < 1.29 is 14.4 Å². The number of hydrogen-bond donors (Lipinski definition) is 1. The molecule has 0 unspecified atom stereocenters. The zero-order valence-corrected chi connectivity index (χ0v) is 17.0. The van der Waals surface area contributed by atoms with Gasteiger partial charge in [0, 0.05) is 19.3 Å². The Morgan fingerprint density at radius 1 is 1.04 bits per heavy atom. The molecule has 0 bridgehead atoms. The molecule has 148 valence electrons. The fourth-order valence-corrected chi connectivity index (χ4v) is 2.20. The summed E-state index contributed by atoms with van der Waals surface area (Å²) in [5.41, 5.74) is 7.54. The van der Waals surface area contributed by atoms with Crippen molar-refractivity contribution >= 4 is 40.4 Å². The van der Waals surface area contributed by atoms with Gasteiger partial charge in [0.05, 0.1) is 5.69 Å². The minimum Gasteiger partial charge on any atom is -0.384 e. The molecular formula is C20H23ClN4O3. The molecule has 0 radical (unpaired) electrons. The van der Waals surface area contributed by atoms with Gasteiger partial charge in [-0.25, -0.2) is 9.97 Å². The van der Waals surface area contributed by atoms with Crippen LogP contribution in [0.4, 0.5) is 5.82 Å². The maximum Gasteiger partial charge on any atom is 0.178 e. The summed E-state index contributed by atoms with van der Waals surface area (Å²) >= 11 is 5.25. The smallest absolute Gasteiger partial charge is 0.178 e. The van der Waals surface area contributed by atoms with Crippen LogP contribution in [0.25, 0.3) is 5.65 Å². The van der Waals surface area contributed by atoms with Crippen molar-refractivity contribution in [2.24, 2.45) is 0 Å². The van der Waals surface area contributed by atoms with Gasteiger partial charge in [0.25, 0.3) is 0 Å². The van der Waals surface area contributed by atoms with Crippen LogP contribution in [0.5, 0.6) is 0 Å². The first-order chi connectivity index (χ1) is 13.1. The maximum atomic E-state index is 11.3. The number of Topliss-reactive ketones (excluding diaryl/α,β-unsaturated/α-hetero) is 3. The van der Waals surface area contributed by atoms with E-state index in [1.165, 1.54) is 13.8 Å². The molecule has 0 spiro atoms. The number of carbonyl (C=O) groups is 3. The third kappa shape index (κ3) is 6.92. The molecule has 0 saturated heterocycles. The second-order valence-corrected chi connectivity index (χ2v) is 6.31. The van der Waals surface area contributed by atoms with Gasteiger partial charge in [-0.1, -0.05) is 12.1 Å². The molecule has 7 nitrogen and oxygen atoms in total. The number of imidazole rings is 1. The fraction of sp³-hybridized carbons (Fsp3) is 0.250. The maximum absolute atomic E-state index is 11.3. The quantitative estimate of drug-likeness (QED) is 0.409. The van der Waals surface area contributed by atoms with Crippen molar-refractivity contribution in [1.82, 2.24) is 14.4 Å². The molecule has 0 amide bonds. The highest BCUT2D eigenvalue weighted by atomic mass is 35.5. The van der Waals surface area contributed by atoms with E-state index in [4.69, 9.17) is 17.3 Å². The van der Waals surface area contributed by atoms with Gasteiger partial charge in [0.1, 0.15) is 22.5 Å². The number of aromatic nitrogens is 3. The van der Waals surface area contributed by atoms with Crippen LogP contribution in [0, 0.1) is 6.92 Å². The summed E-state index contributed by atoms with van der Waals surface area (Å²) in [5, 5.41) is -0.935. The summed E-state index contributed by atoms with van der Waals surface area (Å²) in [5.74, 6) is 0.0389. The number of nitrogen functional groups attached to an aromatic ring is 1. The summed E-state index contributed by atoms with van der Waals surface area (Å²) in [7, 11) is 0. The number of ketones is 3. The van der Waals surface area contributed by atoms with Crippen molar-refractivity contribution in [2.45, 2.75) is 33.1 Å². The second-order valence-electron chi connectivity index (χ2n) is 5.87. The largest absolute Gasteiger partial charge is 0.384 e. The minimum atomic E-state index is -0.935. The number of nitrogens with two attached hydrogens (primary N) is 1. The van der Waals surface area contributed by atoms with Gasteiger partial charge in [0.2, 0.25) is 0 Å². The molecule has 0 fully saturated rings. The van der Waals surface area contributed by atoms with Crippen LogP contribution in [-0.2, 0) is 9.59 Å². The number of halogens is 1. The summed E-state index contributed by atoms with van der Waals surface area (Å²) in [6, 6.07) is 11.1. The highest BCUT2D eigenvalue weighted by molar-refractivity contribution is 6.41. The Morgan fingerprint density at radius 3 is 2.04 bits per heavy atom. The van der Waals surface area contributed by atoms with Crippen molar-refractivity contribution in [3.05, 3.63) is 60.2 Å². The molecule has 0 aliphatic heterocycles. The first-order valence-electron chi connectivity index (χ1n) is 8.41. The summed E-state index contributed by atoms with van der Waals surface area (Å²) in [4.78, 5) is 39.8. The van der Waals surface area contributed by atoms with E-state index in [1.807, 2.05) is 47.9 Å². The average molecular weight is 403 g/mol. The number of fused-ring (bicyclic) bond motifs is 1. The van der Waals surface area contributed by atoms with Gasteiger partial charge >= 0.3 is 0 Å². The lowest BCUT2D eigenvalue weighted by atomic mass is 10.2. The molecule has 0 atom stereocenters. The Kier molecular flexibility index (Phi) is 8.98. The molecule has 0 saturated carbocycles. The molecule has 2 N–H and O–H groups in total. The van der Waals surface area contributed by atoms with E-state index in [-0.39, 0.29) is 17.3 Å². The Labute approximate surface area is 168 Å². The molecule has 3 aromatic heterocycles.